The number of nitrogens with one attached hydrogen (secondary N) is 2. The highest BCUT2D eigenvalue weighted by Gasteiger charge is 2.14. The summed E-state index contributed by atoms with van der Waals surface area (Å²) in [6, 6.07) is 15.1. The number of amides is 2. The lowest BCUT2D eigenvalue weighted by Gasteiger charge is -2.15. The van der Waals surface area contributed by atoms with Crippen molar-refractivity contribution in [2.45, 2.75) is 26.8 Å². The Morgan fingerprint density at radius 3 is 2.66 bits per heavy atom. The van der Waals surface area contributed by atoms with Gasteiger partial charge in [0, 0.05) is 17.3 Å². The Labute approximate surface area is 168 Å². The molecule has 0 fully saturated rings. The Bertz CT molecular complexity index is 1170. The van der Waals surface area contributed by atoms with Crippen LogP contribution in [0.1, 0.15) is 29.9 Å². The van der Waals surface area contributed by atoms with Crippen LogP contribution in [0, 0.1) is 13.8 Å². The maximum Gasteiger partial charge on any atom is 0.320 e. The summed E-state index contributed by atoms with van der Waals surface area (Å²) in [7, 11) is 0. The molecule has 3 heterocycles. The van der Waals surface area contributed by atoms with Crippen LogP contribution in [0.4, 0.5) is 10.6 Å². The SMILES string of the molecule is Cc1cc(-n2ncc3cc(NC(=O)N[C@H](C)c4ccccc4)nc(C)c32)ccn1. The topological polar surface area (TPSA) is 84.7 Å². The Morgan fingerprint density at radius 1 is 1.10 bits per heavy atom. The van der Waals surface area contributed by atoms with E-state index in [4.69, 9.17) is 0 Å². The van der Waals surface area contributed by atoms with E-state index >= 15 is 0 Å². The van der Waals surface area contributed by atoms with Crippen molar-refractivity contribution in [1.82, 2.24) is 25.1 Å². The minimum Gasteiger partial charge on any atom is -0.331 e. The maximum absolute atomic E-state index is 12.4. The first kappa shape index (κ1) is 18.6. The van der Waals surface area contributed by atoms with E-state index in [9.17, 15) is 4.79 Å². The number of pyridine rings is 2. The number of rotatable bonds is 4. The van der Waals surface area contributed by atoms with E-state index < -0.39 is 0 Å². The Balaban J connectivity index is 1.56. The second kappa shape index (κ2) is 7.71. The van der Waals surface area contributed by atoms with Crippen LogP contribution in [0.5, 0.6) is 0 Å². The van der Waals surface area contributed by atoms with E-state index in [1.165, 1.54) is 0 Å². The van der Waals surface area contributed by atoms with Crippen molar-refractivity contribution in [3.63, 3.8) is 0 Å². The summed E-state index contributed by atoms with van der Waals surface area (Å²) in [6.45, 7) is 5.79. The van der Waals surface area contributed by atoms with Crippen molar-refractivity contribution in [1.29, 1.82) is 0 Å². The number of hydrogen-bond acceptors (Lipinski definition) is 4. The van der Waals surface area contributed by atoms with Gasteiger partial charge in [-0.1, -0.05) is 30.3 Å². The molecule has 146 valence electrons. The van der Waals surface area contributed by atoms with Crippen LogP contribution >= 0.6 is 0 Å². The van der Waals surface area contributed by atoms with E-state index in [1.807, 2.05) is 74.0 Å². The highest BCUT2D eigenvalue weighted by atomic mass is 16.2. The number of fused-ring (bicyclic) bond motifs is 1. The fourth-order valence-corrected chi connectivity index (χ4v) is 3.34. The second-order valence-electron chi connectivity index (χ2n) is 6.97. The van der Waals surface area contributed by atoms with Gasteiger partial charge in [-0.05, 0) is 44.5 Å². The van der Waals surface area contributed by atoms with Gasteiger partial charge < -0.3 is 5.32 Å². The summed E-state index contributed by atoms with van der Waals surface area (Å²) in [4.78, 5) is 21.2. The molecule has 0 saturated heterocycles. The highest BCUT2D eigenvalue weighted by molar-refractivity contribution is 5.92. The lowest BCUT2D eigenvalue weighted by atomic mass is 10.1. The van der Waals surface area contributed by atoms with Gasteiger partial charge in [0.25, 0.3) is 0 Å². The maximum atomic E-state index is 12.4. The fourth-order valence-electron chi connectivity index (χ4n) is 3.34. The molecule has 0 saturated carbocycles. The van der Waals surface area contributed by atoms with Crippen LogP contribution in [0.25, 0.3) is 16.6 Å². The van der Waals surface area contributed by atoms with Crippen LogP contribution in [-0.2, 0) is 0 Å². The number of aryl methyl sites for hydroxylation is 2. The number of carbonyl (C=O) groups excluding carboxylic acids is 1. The molecular formula is C22H22N6O. The molecule has 4 rings (SSSR count). The smallest absolute Gasteiger partial charge is 0.320 e. The number of nitrogens with zero attached hydrogens (tertiary/aromatic N) is 4. The number of benzene rings is 1. The average Bonchev–Trinajstić information content (AvgIpc) is 3.13. The number of anilines is 1. The molecule has 0 aliphatic carbocycles. The van der Waals surface area contributed by atoms with E-state index in [0.29, 0.717) is 5.82 Å². The van der Waals surface area contributed by atoms with Gasteiger partial charge in [0.15, 0.2) is 0 Å². The molecule has 0 aliphatic rings. The molecule has 1 aromatic carbocycles. The third-order valence-electron chi connectivity index (χ3n) is 4.73. The summed E-state index contributed by atoms with van der Waals surface area (Å²) < 4.78 is 1.84. The third-order valence-corrected chi connectivity index (χ3v) is 4.73. The summed E-state index contributed by atoms with van der Waals surface area (Å²) in [5.74, 6) is 0.484. The predicted molar refractivity (Wildman–Crippen MR) is 113 cm³/mol. The molecule has 0 spiro atoms. The monoisotopic (exact) mass is 386 g/mol. The van der Waals surface area contributed by atoms with E-state index in [1.54, 1.807) is 12.4 Å². The summed E-state index contributed by atoms with van der Waals surface area (Å²) in [6.07, 6.45) is 3.53. The number of urea groups is 1. The average molecular weight is 386 g/mol. The molecule has 29 heavy (non-hydrogen) atoms. The first-order chi connectivity index (χ1) is 14.0. The zero-order valence-electron chi connectivity index (χ0n) is 16.5. The molecule has 3 aromatic heterocycles. The number of hydrogen-bond donors (Lipinski definition) is 2. The first-order valence-corrected chi connectivity index (χ1v) is 9.42. The Hall–Kier alpha value is -3.74. The van der Waals surface area contributed by atoms with E-state index in [0.717, 1.165) is 33.5 Å². The van der Waals surface area contributed by atoms with Crippen LogP contribution in [-0.4, -0.2) is 25.8 Å². The van der Waals surface area contributed by atoms with Gasteiger partial charge in [0.2, 0.25) is 0 Å². The van der Waals surface area contributed by atoms with Crippen molar-refractivity contribution in [3.8, 4) is 5.69 Å². The quantitative estimate of drug-likeness (QED) is 0.547. The molecule has 4 aromatic rings. The van der Waals surface area contributed by atoms with Crippen molar-refractivity contribution < 1.29 is 4.79 Å². The van der Waals surface area contributed by atoms with Crippen LogP contribution < -0.4 is 10.6 Å². The Kier molecular flexibility index (Phi) is 4.95. The standard InChI is InChI=1S/C22H22N6O/c1-14-11-19(9-10-23-14)28-21-16(3)25-20(12-18(21)13-24-28)27-22(29)26-15(2)17-7-5-4-6-8-17/h4-13,15H,1-3H3,(H2,25,26,27,29)/t15-/m1/s1. The lowest BCUT2D eigenvalue weighted by molar-refractivity contribution is 0.249. The summed E-state index contributed by atoms with van der Waals surface area (Å²) in [5.41, 5.74) is 4.56. The molecule has 1 atom stereocenters. The number of carbonyl (C=O) groups is 1. The van der Waals surface area contributed by atoms with Crippen molar-refractivity contribution in [2.75, 3.05) is 5.32 Å². The molecule has 0 radical (unpaired) electrons. The summed E-state index contributed by atoms with van der Waals surface area (Å²) >= 11 is 0. The molecule has 7 heteroatoms. The van der Waals surface area contributed by atoms with Crippen molar-refractivity contribution in [2.24, 2.45) is 0 Å². The van der Waals surface area contributed by atoms with Gasteiger partial charge in [-0.3, -0.25) is 10.3 Å². The van der Waals surface area contributed by atoms with Gasteiger partial charge in [-0.15, -0.1) is 0 Å². The molecule has 7 nitrogen and oxygen atoms in total. The van der Waals surface area contributed by atoms with E-state index in [2.05, 4.69) is 25.7 Å². The molecule has 2 amide bonds. The Morgan fingerprint density at radius 2 is 1.90 bits per heavy atom. The van der Waals surface area contributed by atoms with Crippen LogP contribution in [0.15, 0.2) is 60.9 Å². The summed E-state index contributed by atoms with van der Waals surface area (Å²) in [5, 5.41) is 11.2. The van der Waals surface area contributed by atoms with Gasteiger partial charge in [0.1, 0.15) is 5.82 Å². The van der Waals surface area contributed by atoms with Crippen molar-refractivity contribution >= 4 is 22.8 Å². The minimum absolute atomic E-state index is 0.112. The second-order valence-corrected chi connectivity index (χ2v) is 6.97. The predicted octanol–water partition coefficient (Wildman–Crippen LogP) is 4.32. The zero-order chi connectivity index (χ0) is 20.4. The van der Waals surface area contributed by atoms with Crippen LogP contribution in [0.3, 0.4) is 0 Å². The minimum atomic E-state index is -0.301. The van der Waals surface area contributed by atoms with E-state index in [-0.39, 0.29) is 12.1 Å². The molecule has 2 N–H and O–H groups in total. The lowest BCUT2D eigenvalue weighted by Crippen LogP contribution is -2.31. The van der Waals surface area contributed by atoms with Gasteiger partial charge in [-0.2, -0.15) is 5.10 Å². The normalized spacial score (nSPS) is 12.0. The van der Waals surface area contributed by atoms with Gasteiger partial charge in [-0.25, -0.2) is 14.5 Å². The van der Waals surface area contributed by atoms with Crippen LogP contribution in [0.2, 0.25) is 0 Å². The van der Waals surface area contributed by atoms with Gasteiger partial charge in [0.05, 0.1) is 29.1 Å². The molecule has 0 bridgehead atoms. The molecule has 0 unspecified atom stereocenters. The zero-order valence-corrected chi connectivity index (χ0v) is 16.5. The largest absolute Gasteiger partial charge is 0.331 e. The number of aromatic nitrogens is 4. The fraction of sp³-hybridized carbons (Fsp3) is 0.182. The molecule has 0 aliphatic heterocycles. The van der Waals surface area contributed by atoms with Gasteiger partial charge >= 0.3 is 6.03 Å². The third kappa shape index (κ3) is 3.94. The van der Waals surface area contributed by atoms with Crippen molar-refractivity contribution in [3.05, 3.63) is 77.9 Å². The molecular weight excluding hydrogens is 364 g/mol. The highest BCUT2D eigenvalue weighted by Crippen LogP contribution is 2.23. The first-order valence-electron chi connectivity index (χ1n) is 9.42.